The number of likely N-dealkylation sites (tertiary alicyclic amines) is 1. The average Bonchev–Trinajstić information content (AvgIpc) is 3.26. The summed E-state index contributed by atoms with van der Waals surface area (Å²) in [6.07, 6.45) is 5.51. The van der Waals surface area contributed by atoms with Crippen LogP contribution in [-0.2, 0) is 9.59 Å². The Morgan fingerprint density at radius 1 is 1.00 bits per heavy atom. The van der Waals surface area contributed by atoms with Crippen LogP contribution in [0.2, 0.25) is 0 Å². The van der Waals surface area contributed by atoms with Crippen molar-refractivity contribution in [1.82, 2.24) is 10.2 Å². The van der Waals surface area contributed by atoms with Gasteiger partial charge in [0.1, 0.15) is 18.1 Å². The Balaban J connectivity index is 1.32. The van der Waals surface area contributed by atoms with Crippen LogP contribution in [-0.4, -0.2) is 50.1 Å². The Labute approximate surface area is 161 Å². The predicted molar refractivity (Wildman–Crippen MR) is 103 cm³/mol. The van der Waals surface area contributed by atoms with Crippen molar-refractivity contribution < 1.29 is 19.1 Å². The number of benzene rings is 1. The van der Waals surface area contributed by atoms with Gasteiger partial charge >= 0.3 is 0 Å². The van der Waals surface area contributed by atoms with E-state index < -0.39 is 0 Å². The van der Waals surface area contributed by atoms with Crippen LogP contribution in [0.3, 0.4) is 0 Å². The summed E-state index contributed by atoms with van der Waals surface area (Å²) in [5, 5.41) is 2.96. The number of ether oxygens (including phenoxy) is 2. The molecule has 0 bridgehead atoms. The molecule has 27 heavy (non-hydrogen) atoms. The fraction of sp³-hybridized carbons (Fsp3) is 0.619. The van der Waals surface area contributed by atoms with Gasteiger partial charge in [0, 0.05) is 24.9 Å². The average molecular weight is 374 g/mol. The van der Waals surface area contributed by atoms with Crippen LogP contribution in [0.5, 0.6) is 11.5 Å². The number of carbonyl (C=O) groups excluding carboxylic acids is 2. The van der Waals surface area contributed by atoms with Crippen molar-refractivity contribution in [3.63, 3.8) is 0 Å². The van der Waals surface area contributed by atoms with Crippen LogP contribution < -0.4 is 14.8 Å². The quantitative estimate of drug-likeness (QED) is 0.745. The molecule has 1 saturated carbocycles. The first kappa shape index (κ1) is 19.5. The molecule has 2 amide bonds. The summed E-state index contributed by atoms with van der Waals surface area (Å²) in [5.41, 5.74) is 0. The van der Waals surface area contributed by atoms with Gasteiger partial charge in [0.2, 0.25) is 11.8 Å². The first-order valence-electron chi connectivity index (χ1n) is 10.0. The van der Waals surface area contributed by atoms with Crippen LogP contribution in [0.25, 0.3) is 0 Å². The Hall–Kier alpha value is -2.24. The molecule has 3 rings (SSSR count). The maximum Gasteiger partial charge on any atom is 0.225 e. The number of hydrogen-bond acceptors (Lipinski definition) is 4. The van der Waals surface area contributed by atoms with Crippen LogP contribution in [0.1, 0.15) is 38.5 Å². The maximum absolute atomic E-state index is 12.5. The molecule has 1 saturated heterocycles. The molecular weight excluding hydrogens is 344 g/mol. The summed E-state index contributed by atoms with van der Waals surface area (Å²) in [5.74, 6) is 2.07. The van der Waals surface area contributed by atoms with Crippen molar-refractivity contribution >= 4 is 11.8 Å². The lowest BCUT2D eigenvalue weighted by Crippen LogP contribution is -2.39. The predicted octanol–water partition coefficient (Wildman–Crippen LogP) is 2.62. The monoisotopic (exact) mass is 374 g/mol. The summed E-state index contributed by atoms with van der Waals surface area (Å²) in [6, 6.07) is 7.38. The van der Waals surface area contributed by atoms with Gasteiger partial charge in [-0.1, -0.05) is 0 Å². The highest BCUT2D eigenvalue weighted by Crippen LogP contribution is 2.31. The standard InChI is InChI=1S/C21H30N2O4/c1-26-18-8-10-19(11-9-18)27-15-12-22-20(24)16-4-6-17(7-5-16)21(25)23-13-2-3-14-23/h8-11,16-17H,2-7,12-15H2,1H3,(H,22,24). The van der Waals surface area contributed by atoms with Gasteiger partial charge in [0.25, 0.3) is 0 Å². The molecule has 0 spiro atoms. The third-order valence-electron chi connectivity index (χ3n) is 5.59. The van der Waals surface area contributed by atoms with Gasteiger partial charge in [0.15, 0.2) is 0 Å². The van der Waals surface area contributed by atoms with E-state index in [2.05, 4.69) is 5.32 Å². The molecule has 1 N–H and O–H groups in total. The summed E-state index contributed by atoms with van der Waals surface area (Å²) in [4.78, 5) is 26.8. The number of carbonyl (C=O) groups is 2. The van der Waals surface area contributed by atoms with E-state index in [4.69, 9.17) is 9.47 Å². The minimum atomic E-state index is 0.0219. The van der Waals surface area contributed by atoms with Crippen LogP contribution in [0.4, 0.5) is 0 Å². The maximum atomic E-state index is 12.5. The smallest absolute Gasteiger partial charge is 0.225 e. The second-order valence-electron chi connectivity index (χ2n) is 7.40. The summed E-state index contributed by atoms with van der Waals surface area (Å²) in [6.45, 7) is 2.74. The van der Waals surface area contributed by atoms with E-state index in [1.54, 1.807) is 7.11 Å². The van der Waals surface area contributed by atoms with Crippen molar-refractivity contribution in [3.8, 4) is 11.5 Å². The molecule has 0 unspecified atom stereocenters. The lowest BCUT2D eigenvalue weighted by molar-refractivity contribution is -0.137. The van der Waals surface area contributed by atoms with Crippen LogP contribution in [0.15, 0.2) is 24.3 Å². The van der Waals surface area contributed by atoms with Gasteiger partial charge in [-0.15, -0.1) is 0 Å². The minimum absolute atomic E-state index is 0.0219. The molecule has 1 heterocycles. The molecule has 0 radical (unpaired) electrons. The normalized spacial score (nSPS) is 22.3. The van der Waals surface area contributed by atoms with Crippen molar-refractivity contribution in [2.45, 2.75) is 38.5 Å². The molecule has 1 aliphatic carbocycles. The van der Waals surface area contributed by atoms with Crippen molar-refractivity contribution in [2.24, 2.45) is 11.8 Å². The van der Waals surface area contributed by atoms with E-state index in [1.165, 1.54) is 0 Å². The van der Waals surface area contributed by atoms with Gasteiger partial charge < -0.3 is 19.7 Å². The number of nitrogens with zero attached hydrogens (tertiary/aromatic N) is 1. The van der Waals surface area contributed by atoms with E-state index in [0.717, 1.165) is 63.1 Å². The highest BCUT2D eigenvalue weighted by molar-refractivity contribution is 5.81. The Bertz CT molecular complexity index is 618. The Kier molecular flexibility index (Phi) is 6.96. The fourth-order valence-electron chi connectivity index (χ4n) is 3.96. The largest absolute Gasteiger partial charge is 0.497 e. The summed E-state index contributed by atoms with van der Waals surface area (Å²) < 4.78 is 10.7. The molecule has 2 fully saturated rings. The highest BCUT2D eigenvalue weighted by Gasteiger charge is 2.32. The second kappa shape index (κ2) is 9.62. The van der Waals surface area contributed by atoms with Gasteiger partial charge in [-0.3, -0.25) is 9.59 Å². The first-order valence-corrected chi connectivity index (χ1v) is 10.0. The van der Waals surface area contributed by atoms with Gasteiger partial charge in [-0.25, -0.2) is 0 Å². The Morgan fingerprint density at radius 3 is 2.22 bits per heavy atom. The lowest BCUT2D eigenvalue weighted by Gasteiger charge is -2.29. The molecular formula is C21H30N2O4. The van der Waals surface area contributed by atoms with Gasteiger partial charge in [-0.2, -0.15) is 0 Å². The highest BCUT2D eigenvalue weighted by atomic mass is 16.5. The molecule has 1 aliphatic heterocycles. The van der Waals surface area contributed by atoms with Gasteiger partial charge in [-0.05, 0) is 62.8 Å². The molecule has 0 aromatic heterocycles. The zero-order valence-electron chi connectivity index (χ0n) is 16.1. The third-order valence-corrected chi connectivity index (χ3v) is 5.59. The topological polar surface area (TPSA) is 67.9 Å². The number of hydrogen-bond donors (Lipinski definition) is 1. The second-order valence-corrected chi connectivity index (χ2v) is 7.40. The lowest BCUT2D eigenvalue weighted by atomic mass is 9.81. The summed E-state index contributed by atoms with van der Waals surface area (Å²) >= 11 is 0. The van der Waals surface area contributed by atoms with E-state index in [1.807, 2.05) is 29.2 Å². The number of methoxy groups -OCH3 is 1. The van der Waals surface area contributed by atoms with E-state index in [-0.39, 0.29) is 17.7 Å². The van der Waals surface area contributed by atoms with Crippen molar-refractivity contribution in [3.05, 3.63) is 24.3 Å². The molecule has 1 aromatic rings. The van der Waals surface area contributed by atoms with Crippen molar-refractivity contribution in [1.29, 1.82) is 0 Å². The van der Waals surface area contributed by atoms with Crippen LogP contribution >= 0.6 is 0 Å². The van der Waals surface area contributed by atoms with Crippen molar-refractivity contribution in [2.75, 3.05) is 33.4 Å². The van der Waals surface area contributed by atoms with Gasteiger partial charge in [0.05, 0.1) is 13.7 Å². The zero-order valence-corrected chi connectivity index (χ0v) is 16.1. The number of nitrogens with one attached hydrogen (secondary N) is 1. The Morgan fingerprint density at radius 2 is 1.59 bits per heavy atom. The van der Waals surface area contributed by atoms with Crippen LogP contribution in [0, 0.1) is 11.8 Å². The molecule has 148 valence electrons. The first-order chi connectivity index (χ1) is 13.2. The number of rotatable bonds is 7. The molecule has 2 aliphatic rings. The molecule has 0 atom stereocenters. The molecule has 1 aromatic carbocycles. The fourth-order valence-corrected chi connectivity index (χ4v) is 3.96. The third kappa shape index (κ3) is 5.37. The molecule has 6 nitrogen and oxygen atoms in total. The minimum Gasteiger partial charge on any atom is -0.497 e. The molecule has 6 heteroatoms. The number of amides is 2. The van der Waals surface area contributed by atoms with E-state index in [9.17, 15) is 9.59 Å². The zero-order chi connectivity index (χ0) is 19.1. The van der Waals surface area contributed by atoms with E-state index >= 15 is 0 Å². The SMILES string of the molecule is COc1ccc(OCCNC(=O)C2CCC(C(=O)N3CCCC3)CC2)cc1. The van der Waals surface area contributed by atoms with E-state index in [0.29, 0.717) is 19.1 Å². The summed E-state index contributed by atoms with van der Waals surface area (Å²) in [7, 11) is 1.63.